The summed E-state index contributed by atoms with van der Waals surface area (Å²) >= 11 is 0. The molecule has 2 heterocycles. The topological polar surface area (TPSA) is 112 Å². The van der Waals surface area contributed by atoms with Gasteiger partial charge in [-0.1, -0.05) is 26.0 Å². The minimum absolute atomic E-state index is 0.0364. The van der Waals surface area contributed by atoms with Crippen LogP contribution in [0.15, 0.2) is 59.8 Å². The molecule has 0 radical (unpaired) electrons. The van der Waals surface area contributed by atoms with E-state index >= 15 is 0 Å². The molecule has 0 fully saturated rings. The Bertz CT molecular complexity index is 1320. The SMILES string of the molecule is CCOc1ccc(-c2nc3n(n2)C(c2ccccc2[N+](=O)[O-])C2=C(CC(C)(C)CC2=O)N3)cc1. The highest BCUT2D eigenvalue weighted by Crippen LogP contribution is 2.47. The van der Waals surface area contributed by atoms with Gasteiger partial charge in [-0.2, -0.15) is 4.98 Å². The highest BCUT2D eigenvalue weighted by atomic mass is 16.6. The van der Waals surface area contributed by atoms with E-state index in [4.69, 9.17) is 14.8 Å². The van der Waals surface area contributed by atoms with Crippen LogP contribution in [0.4, 0.5) is 11.6 Å². The summed E-state index contributed by atoms with van der Waals surface area (Å²) in [5, 5.41) is 19.9. The number of hydrogen-bond donors (Lipinski definition) is 1. The third-order valence-electron chi connectivity index (χ3n) is 6.18. The minimum Gasteiger partial charge on any atom is -0.494 e. The number of aromatic nitrogens is 3. The predicted octanol–water partition coefficient (Wildman–Crippen LogP) is 4.91. The van der Waals surface area contributed by atoms with Gasteiger partial charge in [0.2, 0.25) is 5.95 Å². The number of fused-ring (bicyclic) bond motifs is 1. The fourth-order valence-corrected chi connectivity index (χ4v) is 4.77. The van der Waals surface area contributed by atoms with E-state index in [2.05, 4.69) is 5.32 Å². The lowest BCUT2D eigenvalue weighted by Gasteiger charge is -2.38. The van der Waals surface area contributed by atoms with Gasteiger partial charge >= 0.3 is 0 Å². The number of anilines is 1. The molecule has 0 saturated carbocycles. The van der Waals surface area contributed by atoms with Crippen LogP contribution in [0.2, 0.25) is 0 Å². The van der Waals surface area contributed by atoms with Gasteiger partial charge in [-0.05, 0) is 49.1 Å². The zero-order valence-electron chi connectivity index (χ0n) is 19.2. The maximum Gasteiger partial charge on any atom is 0.275 e. The molecular formula is C25H25N5O4. The molecule has 1 unspecified atom stereocenters. The number of nitro benzene ring substituents is 1. The largest absolute Gasteiger partial charge is 0.494 e. The standard InChI is InChI=1S/C25H25N5O4/c1-4-34-16-11-9-15(10-12-16)23-27-24-26-18-13-25(2,3)14-20(31)21(18)22(29(24)28-23)17-7-5-6-8-19(17)30(32)33/h5-12,22H,4,13-14H2,1-3H3,(H,26,27,28). The monoisotopic (exact) mass is 459 g/mol. The van der Waals surface area contributed by atoms with E-state index in [1.807, 2.05) is 45.0 Å². The lowest BCUT2D eigenvalue weighted by molar-refractivity contribution is -0.385. The van der Waals surface area contributed by atoms with Crippen molar-refractivity contribution in [1.82, 2.24) is 14.8 Å². The molecule has 2 aliphatic rings. The van der Waals surface area contributed by atoms with Gasteiger partial charge in [-0.25, -0.2) is 4.68 Å². The van der Waals surface area contributed by atoms with E-state index in [9.17, 15) is 14.9 Å². The molecule has 0 saturated heterocycles. The minimum atomic E-state index is -0.736. The van der Waals surface area contributed by atoms with Crippen molar-refractivity contribution in [2.24, 2.45) is 5.41 Å². The van der Waals surface area contributed by atoms with E-state index in [1.54, 1.807) is 22.9 Å². The number of nitrogens with one attached hydrogen (secondary N) is 1. The molecule has 5 rings (SSSR count). The number of ether oxygens (including phenoxy) is 1. The van der Waals surface area contributed by atoms with Gasteiger partial charge < -0.3 is 10.1 Å². The Morgan fingerprint density at radius 3 is 2.62 bits per heavy atom. The number of benzene rings is 2. The zero-order valence-corrected chi connectivity index (χ0v) is 19.2. The van der Waals surface area contributed by atoms with Crippen LogP contribution in [-0.2, 0) is 4.79 Å². The Kier molecular flexibility index (Phi) is 5.19. The molecule has 34 heavy (non-hydrogen) atoms. The Morgan fingerprint density at radius 1 is 1.18 bits per heavy atom. The predicted molar refractivity (Wildman–Crippen MR) is 127 cm³/mol. The number of carbonyl (C=O) groups is 1. The fourth-order valence-electron chi connectivity index (χ4n) is 4.77. The second-order valence-electron chi connectivity index (χ2n) is 9.34. The van der Waals surface area contributed by atoms with Crippen molar-refractivity contribution in [3.8, 4) is 17.1 Å². The Balaban J connectivity index is 1.67. The zero-order chi connectivity index (χ0) is 24.0. The first kappa shape index (κ1) is 21.8. The summed E-state index contributed by atoms with van der Waals surface area (Å²) in [5.74, 6) is 1.62. The second kappa shape index (κ2) is 8.09. The van der Waals surface area contributed by atoms with Crippen molar-refractivity contribution in [3.05, 3.63) is 75.5 Å². The normalized spacial score (nSPS) is 18.7. The number of nitro groups is 1. The maximum absolute atomic E-state index is 13.4. The van der Waals surface area contributed by atoms with Crippen LogP contribution in [0.5, 0.6) is 5.75 Å². The first-order valence-electron chi connectivity index (χ1n) is 11.2. The highest BCUT2D eigenvalue weighted by molar-refractivity contribution is 6.00. The van der Waals surface area contributed by atoms with Crippen LogP contribution in [0.1, 0.15) is 45.2 Å². The summed E-state index contributed by atoms with van der Waals surface area (Å²) in [6.07, 6.45) is 0.997. The van der Waals surface area contributed by atoms with Crippen LogP contribution in [0.25, 0.3) is 11.4 Å². The third kappa shape index (κ3) is 3.72. The summed E-state index contributed by atoms with van der Waals surface area (Å²) in [5.41, 5.74) is 2.18. The Labute approximate surface area is 196 Å². The van der Waals surface area contributed by atoms with Gasteiger partial charge in [-0.15, -0.1) is 5.10 Å². The summed E-state index contributed by atoms with van der Waals surface area (Å²) < 4.78 is 7.12. The van der Waals surface area contributed by atoms with Gasteiger partial charge in [0.15, 0.2) is 11.6 Å². The van der Waals surface area contributed by atoms with Gasteiger partial charge in [0.05, 0.1) is 17.1 Å². The first-order valence-corrected chi connectivity index (χ1v) is 11.2. The van der Waals surface area contributed by atoms with Gasteiger partial charge in [-0.3, -0.25) is 14.9 Å². The van der Waals surface area contributed by atoms with Crippen molar-refractivity contribution in [3.63, 3.8) is 0 Å². The smallest absolute Gasteiger partial charge is 0.275 e. The molecule has 1 aliphatic carbocycles. The number of Topliss-reactive ketones (excluding diaryl/α,β-unsaturated/α-hetero) is 1. The van der Waals surface area contributed by atoms with E-state index in [1.165, 1.54) is 6.07 Å². The van der Waals surface area contributed by atoms with Crippen molar-refractivity contribution in [2.45, 2.75) is 39.7 Å². The number of carbonyl (C=O) groups excluding carboxylic acids is 1. The van der Waals surface area contributed by atoms with Crippen LogP contribution < -0.4 is 10.1 Å². The van der Waals surface area contributed by atoms with Crippen LogP contribution in [-0.4, -0.2) is 32.1 Å². The Hall–Kier alpha value is -4.01. The molecule has 1 N–H and O–H groups in total. The summed E-state index contributed by atoms with van der Waals surface area (Å²) in [6.45, 7) is 6.58. The first-order chi connectivity index (χ1) is 16.3. The molecule has 9 heteroatoms. The maximum atomic E-state index is 13.4. The summed E-state index contributed by atoms with van der Waals surface area (Å²) in [6, 6.07) is 13.2. The number of nitrogens with zero attached hydrogens (tertiary/aromatic N) is 4. The molecule has 1 aromatic heterocycles. The molecule has 2 aromatic carbocycles. The Morgan fingerprint density at radius 2 is 1.91 bits per heavy atom. The van der Waals surface area contributed by atoms with Crippen molar-refractivity contribution < 1.29 is 14.5 Å². The van der Waals surface area contributed by atoms with Gasteiger partial charge in [0, 0.05) is 29.3 Å². The lowest BCUT2D eigenvalue weighted by Crippen LogP contribution is -2.36. The van der Waals surface area contributed by atoms with Crippen LogP contribution in [0, 0.1) is 15.5 Å². The number of hydrogen-bond acceptors (Lipinski definition) is 7. The molecule has 0 bridgehead atoms. The average Bonchev–Trinajstić information content (AvgIpc) is 3.21. The molecule has 1 atom stereocenters. The van der Waals surface area contributed by atoms with Crippen LogP contribution >= 0.6 is 0 Å². The molecule has 0 spiro atoms. The molecule has 174 valence electrons. The van der Waals surface area contributed by atoms with Gasteiger partial charge in [0.25, 0.3) is 5.69 Å². The van der Waals surface area contributed by atoms with Crippen LogP contribution in [0.3, 0.4) is 0 Å². The number of para-hydroxylation sites is 1. The quantitative estimate of drug-likeness (QED) is 0.426. The summed E-state index contributed by atoms with van der Waals surface area (Å²) in [4.78, 5) is 29.5. The second-order valence-corrected chi connectivity index (χ2v) is 9.34. The fraction of sp³-hybridized carbons (Fsp3) is 0.320. The number of rotatable bonds is 5. The van der Waals surface area contributed by atoms with Gasteiger partial charge in [0.1, 0.15) is 11.8 Å². The molecular weight excluding hydrogens is 434 g/mol. The van der Waals surface area contributed by atoms with Crippen molar-refractivity contribution in [1.29, 1.82) is 0 Å². The lowest BCUT2D eigenvalue weighted by atomic mass is 9.73. The third-order valence-corrected chi connectivity index (χ3v) is 6.18. The molecule has 0 amide bonds. The molecule has 1 aliphatic heterocycles. The number of allylic oxidation sites excluding steroid dienone is 2. The average molecular weight is 460 g/mol. The summed E-state index contributed by atoms with van der Waals surface area (Å²) in [7, 11) is 0. The molecule has 9 nitrogen and oxygen atoms in total. The molecule has 3 aromatic rings. The number of ketones is 1. The highest BCUT2D eigenvalue weighted by Gasteiger charge is 2.43. The van der Waals surface area contributed by atoms with Crippen molar-refractivity contribution in [2.75, 3.05) is 11.9 Å². The van der Waals surface area contributed by atoms with E-state index < -0.39 is 11.0 Å². The van der Waals surface area contributed by atoms with E-state index in [0.29, 0.717) is 42.4 Å². The van der Waals surface area contributed by atoms with E-state index in [-0.39, 0.29) is 16.9 Å². The van der Waals surface area contributed by atoms with Crippen molar-refractivity contribution >= 4 is 17.4 Å². The van der Waals surface area contributed by atoms with E-state index in [0.717, 1.165) is 17.0 Å².